The fraction of sp³-hybridized carbons (Fsp3) is 0.375. The van der Waals surface area contributed by atoms with Gasteiger partial charge in [0.1, 0.15) is 0 Å². The van der Waals surface area contributed by atoms with Gasteiger partial charge in [-0.05, 0) is 38.1 Å². The minimum Gasteiger partial charge on any atom is -0.292 e. The molecule has 1 saturated heterocycles. The highest BCUT2D eigenvalue weighted by Gasteiger charge is 2.24. The van der Waals surface area contributed by atoms with Crippen LogP contribution in [0.4, 0.5) is 0 Å². The van der Waals surface area contributed by atoms with E-state index in [0.29, 0.717) is 12.1 Å². The number of likely N-dealkylation sites (tertiary alicyclic amines) is 1. The monoisotopic (exact) mass is 285 g/mol. The van der Waals surface area contributed by atoms with Crippen LogP contribution in [0.15, 0.2) is 30.3 Å². The number of carbonyl (C=O) groups is 2. The molecule has 0 aromatic heterocycles. The Balaban J connectivity index is 1.76. The molecule has 21 heavy (non-hydrogen) atoms. The zero-order valence-electron chi connectivity index (χ0n) is 11.8. The number of piperidine rings is 1. The van der Waals surface area contributed by atoms with Crippen LogP contribution in [0.25, 0.3) is 0 Å². The largest absolute Gasteiger partial charge is 0.292 e. The molecule has 0 bridgehead atoms. The summed E-state index contributed by atoms with van der Waals surface area (Å²) in [4.78, 5) is 26.0. The van der Waals surface area contributed by atoms with Crippen LogP contribution in [0.5, 0.6) is 0 Å². The predicted octanol–water partition coefficient (Wildman–Crippen LogP) is 0.793. The number of hydrazine groups is 1. The van der Waals surface area contributed by atoms with E-state index >= 15 is 0 Å². The predicted molar refractivity (Wildman–Crippen MR) is 80.0 cm³/mol. The molecule has 5 nitrogen and oxygen atoms in total. The maximum atomic E-state index is 12.0. The van der Waals surface area contributed by atoms with Gasteiger partial charge in [-0.15, -0.1) is 6.42 Å². The van der Waals surface area contributed by atoms with Crippen LogP contribution >= 0.6 is 0 Å². The second-order valence-electron chi connectivity index (χ2n) is 5.06. The van der Waals surface area contributed by atoms with Crippen LogP contribution in [0.3, 0.4) is 0 Å². The number of amides is 2. The Morgan fingerprint density at radius 1 is 1.19 bits per heavy atom. The number of nitrogens with one attached hydrogen (secondary N) is 2. The van der Waals surface area contributed by atoms with Crippen molar-refractivity contribution >= 4 is 11.8 Å². The van der Waals surface area contributed by atoms with Crippen LogP contribution in [-0.2, 0) is 4.79 Å². The van der Waals surface area contributed by atoms with Gasteiger partial charge in [0, 0.05) is 11.5 Å². The quantitative estimate of drug-likeness (QED) is 0.638. The average Bonchev–Trinajstić information content (AvgIpc) is 2.54. The van der Waals surface area contributed by atoms with Gasteiger partial charge < -0.3 is 0 Å². The highest BCUT2D eigenvalue weighted by Crippen LogP contribution is 2.16. The number of hydrogen-bond acceptors (Lipinski definition) is 3. The van der Waals surface area contributed by atoms with Crippen LogP contribution in [0, 0.1) is 18.3 Å². The van der Waals surface area contributed by atoms with E-state index in [-0.39, 0.29) is 17.7 Å². The lowest BCUT2D eigenvalue weighted by molar-refractivity contribution is -0.127. The molecule has 1 fully saturated rings. The zero-order valence-corrected chi connectivity index (χ0v) is 11.8. The standard InChI is InChI=1S/C16H19N3O2/c1-2-10-19-11-8-14(9-12-19)16(21)18-17-15(20)13-6-4-3-5-7-13/h1,3-7,14H,8-12H2,(H,17,20)(H,18,21). The Morgan fingerprint density at radius 3 is 2.48 bits per heavy atom. The lowest BCUT2D eigenvalue weighted by atomic mass is 9.96. The SMILES string of the molecule is C#CCN1CCC(C(=O)NNC(=O)c2ccccc2)CC1. The molecule has 1 aliphatic rings. The first-order valence-electron chi connectivity index (χ1n) is 7.02. The minimum atomic E-state index is -0.311. The summed E-state index contributed by atoms with van der Waals surface area (Å²) < 4.78 is 0. The maximum Gasteiger partial charge on any atom is 0.269 e. The minimum absolute atomic E-state index is 0.0740. The summed E-state index contributed by atoms with van der Waals surface area (Å²) in [6, 6.07) is 8.77. The summed E-state index contributed by atoms with van der Waals surface area (Å²) in [6.07, 6.45) is 6.79. The molecular formula is C16H19N3O2. The van der Waals surface area contributed by atoms with Crippen molar-refractivity contribution < 1.29 is 9.59 Å². The van der Waals surface area contributed by atoms with Crippen molar-refractivity contribution in [2.45, 2.75) is 12.8 Å². The van der Waals surface area contributed by atoms with E-state index in [1.54, 1.807) is 24.3 Å². The van der Waals surface area contributed by atoms with Gasteiger partial charge in [0.2, 0.25) is 5.91 Å². The van der Waals surface area contributed by atoms with Crippen LogP contribution in [0.2, 0.25) is 0 Å². The molecule has 2 N–H and O–H groups in total. The number of nitrogens with zero attached hydrogens (tertiary/aromatic N) is 1. The van der Waals surface area contributed by atoms with Crippen molar-refractivity contribution in [3.63, 3.8) is 0 Å². The smallest absolute Gasteiger partial charge is 0.269 e. The van der Waals surface area contributed by atoms with E-state index in [0.717, 1.165) is 25.9 Å². The van der Waals surface area contributed by atoms with Gasteiger partial charge in [-0.1, -0.05) is 24.1 Å². The molecular weight excluding hydrogens is 266 g/mol. The third-order valence-electron chi connectivity index (χ3n) is 3.61. The Labute approximate surface area is 124 Å². The second kappa shape index (κ2) is 7.46. The number of rotatable bonds is 3. The Kier molecular flexibility index (Phi) is 5.35. The van der Waals surface area contributed by atoms with Gasteiger partial charge in [0.15, 0.2) is 0 Å². The molecule has 1 heterocycles. The highest BCUT2D eigenvalue weighted by atomic mass is 16.2. The molecule has 0 aliphatic carbocycles. The molecule has 0 unspecified atom stereocenters. The zero-order chi connectivity index (χ0) is 15.1. The lowest BCUT2D eigenvalue weighted by Crippen LogP contribution is -2.47. The topological polar surface area (TPSA) is 61.4 Å². The van der Waals surface area contributed by atoms with Gasteiger partial charge in [0.05, 0.1) is 6.54 Å². The van der Waals surface area contributed by atoms with Gasteiger partial charge in [-0.25, -0.2) is 0 Å². The molecule has 2 amide bonds. The lowest BCUT2D eigenvalue weighted by Gasteiger charge is -2.29. The van der Waals surface area contributed by atoms with Crippen LogP contribution in [-0.4, -0.2) is 36.3 Å². The van der Waals surface area contributed by atoms with Gasteiger partial charge in [-0.3, -0.25) is 25.3 Å². The van der Waals surface area contributed by atoms with E-state index in [1.165, 1.54) is 0 Å². The number of terminal acetylenes is 1. The first-order valence-corrected chi connectivity index (χ1v) is 7.02. The van der Waals surface area contributed by atoms with E-state index in [9.17, 15) is 9.59 Å². The summed E-state index contributed by atoms with van der Waals surface area (Å²) in [5, 5.41) is 0. The molecule has 1 aromatic rings. The van der Waals surface area contributed by atoms with E-state index in [1.807, 2.05) is 6.07 Å². The Bertz CT molecular complexity index is 528. The summed E-state index contributed by atoms with van der Waals surface area (Å²) in [6.45, 7) is 2.25. The van der Waals surface area contributed by atoms with Crippen molar-refractivity contribution in [3.8, 4) is 12.3 Å². The van der Waals surface area contributed by atoms with Crippen molar-refractivity contribution in [1.29, 1.82) is 0 Å². The fourth-order valence-corrected chi connectivity index (χ4v) is 2.36. The first kappa shape index (κ1) is 15.1. The van der Waals surface area contributed by atoms with Crippen LogP contribution in [0.1, 0.15) is 23.2 Å². The molecule has 110 valence electrons. The second-order valence-corrected chi connectivity index (χ2v) is 5.06. The third-order valence-corrected chi connectivity index (χ3v) is 3.61. The summed E-state index contributed by atoms with van der Waals surface area (Å²) in [5.74, 6) is 2.08. The molecule has 0 spiro atoms. The van der Waals surface area contributed by atoms with Gasteiger partial charge in [-0.2, -0.15) is 0 Å². The van der Waals surface area contributed by atoms with E-state index in [4.69, 9.17) is 6.42 Å². The Hall–Kier alpha value is -2.32. The van der Waals surface area contributed by atoms with Gasteiger partial charge in [0.25, 0.3) is 5.91 Å². The van der Waals surface area contributed by atoms with E-state index in [2.05, 4.69) is 21.7 Å². The van der Waals surface area contributed by atoms with Gasteiger partial charge >= 0.3 is 0 Å². The molecule has 0 saturated carbocycles. The van der Waals surface area contributed by atoms with Crippen molar-refractivity contribution in [1.82, 2.24) is 15.8 Å². The number of benzene rings is 1. The summed E-state index contributed by atoms with van der Waals surface area (Å²) >= 11 is 0. The maximum absolute atomic E-state index is 12.0. The first-order chi connectivity index (χ1) is 10.2. The van der Waals surface area contributed by atoms with Crippen molar-refractivity contribution in [2.75, 3.05) is 19.6 Å². The summed E-state index contributed by atoms with van der Waals surface area (Å²) in [5.41, 5.74) is 5.46. The average molecular weight is 285 g/mol. The van der Waals surface area contributed by atoms with Crippen LogP contribution < -0.4 is 10.9 Å². The Morgan fingerprint density at radius 2 is 1.86 bits per heavy atom. The normalized spacial score (nSPS) is 16.0. The van der Waals surface area contributed by atoms with E-state index < -0.39 is 0 Å². The highest BCUT2D eigenvalue weighted by molar-refractivity contribution is 5.95. The molecule has 0 atom stereocenters. The number of carbonyl (C=O) groups excluding carboxylic acids is 2. The van der Waals surface area contributed by atoms with Crippen molar-refractivity contribution in [3.05, 3.63) is 35.9 Å². The molecule has 0 radical (unpaired) electrons. The molecule has 2 rings (SSSR count). The fourth-order valence-electron chi connectivity index (χ4n) is 2.36. The van der Waals surface area contributed by atoms with Crippen molar-refractivity contribution in [2.24, 2.45) is 5.92 Å². The molecule has 1 aliphatic heterocycles. The third kappa shape index (κ3) is 4.33. The molecule has 5 heteroatoms. The number of hydrogen-bond donors (Lipinski definition) is 2. The molecule has 1 aromatic carbocycles. The summed E-state index contributed by atoms with van der Waals surface area (Å²) in [7, 11) is 0.